The zero-order chi connectivity index (χ0) is 11.3. The monoisotopic (exact) mass is 245 g/mol. The summed E-state index contributed by atoms with van der Waals surface area (Å²) in [7, 11) is 0. The molecule has 2 heterocycles. The Bertz CT molecular complexity index is 201. The second-order valence-corrected chi connectivity index (χ2v) is 6.22. The Kier molecular flexibility index (Phi) is 4.95. The first kappa shape index (κ1) is 12.7. The zero-order valence-electron chi connectivity index (χ0n) is 9.91. The lowest BCUT2D eigenvalue weighted by Gasteiger charge is -2.37. The second kappa shape index (κ2) is 6.24. The van der Waals surface area contributed by atoms with Gasteiger partial charge in [0.25, 0.3) is 0 Å². The summed E-state index contributed by atoms with van der Waals surface area (Å²) in [6.07, 6.45) is 4.62. The fourth-order valence-corrected chi connectivity index (χ4v) is 3.56. The van der Waals surface area contributed by atoms with Crippen molar-refractivity contribution in [2.75, 3.05) is 37.9 Å². The quantitative estimate of drug-likeness (QED) is 0.782. The molecule has 2 rings (SSSR count). The summed E-state index contributed by atoms with van der Waals surface area (Å²) in [6.45, 7) is 2.87. The lowest BCUT2D eigenvalue weighted by Crippen LogP contribution is -2.46. The van der Waals surface area contributed by atoms with Gasteiger partial charge in [-0.3, -0.25) is 0 Å². The maximum Gasteiger partial charge on any atom is 0.0501 e. The number of rotatable bonds is 4. The molecule has 0 saturated carbocycles. The van der Waals surface area contributed by atoms with E-state index >= 15 is 0 Å². The summed E-state index contributed by atoms with van der Waals surface area (Å²) in [5.41, 5.74) is 0.0837. The van der Waals surface area contributed by atoms with Crippen molar-refractivity contribution in [2.45, 2.75) is 31.7 Å². The molecule has 16 heavy (non-hydrogen) atoms. The summed E-state index contributed by atoms with van der Waals surface area (Å²) in [4.78, 5) is 0. The minimum Gasteiger partial charge on any atom is -0.396 e. The number of ether oxygens (including phenoxy) is 1. The van der Waals surface area contributed by atoms with Gasteiger partial charge in [-0.15, -0.1) is 0 Å². The smallest absolute Gasteiger partial charge is 0.0501 e. The molecule has 2 fully saturated rings. The third kappa shape index (κ3) is 3.36. The van der Waals surface area contributed by atoms with E-state index in [2.05, 4.69) is 5.32 Å². The van der Waals surface area contributed by atoms with Gasteiger partial charge in [0.15, 0.2) is 0 Å². The lowest BCUT2D eigenvalue weighted by molar-refractivity contribution is -0.0163. The molecule has 0 bridgehead atoms. The molecule has 2 aliphatic rings. The van der Waals surface area contributed by atoms with E-state index in [-0.39, 0.29) is 5.41 Å². The average molecular weight is 245 g/mol. The molecule has 0 aromatic rings. The van der Waals surface area contributed by atoms with Gasteiger partial charge in [-0.1, -0.05) is 0 Å². The first-order chi connectivity index (χ1) is 7.85. The molecule has 0 aromatic carbocycles. The molecule has 94 valence electrons. The molecule has 0 amide bonds. The van der Waals surface area contributed by atoms with Crippen molar-refractivity contribution in [1.29, 1.82) is 0 Å². The molecule has 0 aliphatic carbocycles. The van der Waals surface area contributed by atoms with Crippen molar-refractivity contribution < 1.29 is 9.84 Å². The molecule has 0 aromatic heterocycles. The maximum atomic E-state index is 9.57. The Balaban J connectivity index is 1.77. The van der Waals surface area contributed by atoms with Crippen molar-refractivity contribution in [2.24, 2.45) is 5.41 Å². The van der Waals surface area contributed by atoms with Crippen LogP contribution in [0.1, 0.15) is 25.7 Å². The van der Waals surface area contributed by atoms with E-state index in [4.69, 9.17) is 4.74 Å². The average Bonchev–Trinajstić information content (AvgIpc) is 2.39. The minimum absolute atomic E-state index is 0.0837. The lowest BCUT2D eigenvalue weighted by atomic mass is 9.81. The highest BCUT2D eigenvalue weighted by Crippen LogP contribution is 2.29. The van der Waals surface area contributed by atoms with Crippen LogP contribution in [0.5, 0.6) is 0 Å². The van der Waals surface area contributed by atoms with Crippen LogP contribution in [-0.4, -0.2) is 49.0 Å². The molecular weight excluding hydrogens is 222 g/mol. The fraction of sp³-hybridized carbons (Fsp3) is 1.00. The van der Waals surface area contributed by atoms with Crippen molar-refractivity contribution in [3.05, 3.63) is 0 Å². The highest BCUT2D eigenvalue weighted by molar-refractivity contribution is 7.99. The Morgan fingerprint density at radius 2 is 2.19 bits per heavy atom. The third-order valence-electron chi connectivity index (χ3n) is 3.81. The van der Waals surface area contributed by atoms with Crippen molar-refractivity contribution in [3.63, 3.8) is 0 Å². The number of nitrogens with one attached hydrogen (secondary N) is 1. The van der Waals surface area contributed by atoms with Crippen LogP contribution in [0.25, 0.3) is 0 Å². The maximum absolute atomic E-state index is 9.57. The predicted molar refractivity (Wildman–Crippen MR) is 67.9 cm³/mol. The molecule has 0 unspecified atom stereocenters. The third-order valence-corrected chi connectivity index (χ3v) is 5.03. The summed E-state index contributed by atoms with van der Waals surface area (Å²) >= 11 is 2.05. The Morgan fingerprint density at radius 3 is 2.81 bits per heavy atom. The van der Waals surface area contributed by atoms with Crippen molar-refractivity contribution in [1.82, 2.24) is 5.32 Å². The van der Waals surface area contributed by atoms with Crippen molar-refractivity contribution in [3.8, 4) is 0 Å². The molecule has 2 saturated heterocycles. The van der Waals surface area contributed by atoms with E-state index in [1.807, 2.05) is 11.8 Å². The van der Waals surface area contributed by atoms with Crippen LogP contribution in [0.2, 0.25) is 0 Å². The SMILES string of the molecule is OCC1(CN[C@@H]2CCCSC2)CCOCC1. The number of hydrogen-bond donors (Lipinski definition) is 2. The van der Waals surface area contributed by atoms with Gasteiger partial charge in [-0.05, 0) is 31.4 Å². The van der Waals surface area contributed by atoms with Crippen molar-refractivity contribution >= 4 is 11.8 Å². The van der Waals surface area contributed by atoms with Crippen LogP contribution < -0.4 is 5.32 Å². The Morgan fingerprint density at radius 1 is 1.38 bits per heavy atom. The van der Waals surface area contributed by atoms with E-state index in [9.17, 15) is 5.11 Å². The Labute approximate surface area is 102 Å². The van der Waals surface area contributed by atoms with Crippen LogP contribution >= 0.6 is 11.8 Å². The van der Waals surface area contributed by atoms with Crippen LogP contribution in [-0.2, 0) is 4.74 Å². The van der Waals surface area contributed by atoms with Gasteiger partial charge in [0.05, 0.1) is 6.61 Å². The standard InChI is InChI=1S/C12H23NO2S/c14-10-12(3-5-15-6-4-12)9-13-11-2-1-7-16-8-11/h11,13-14H,1-10H2/t11-/m1/s1. The number of hydrogen-bond acceptors (Lipinski definition) is 4. The fourth-order valence-electron chi connectivity index (χ4n) is 2.46. The molecule has 0 radical (unpaired) electrons. The minimum atomic E-state index is 0.0837. The molecular formula is C12H23NO2S. The van der Waals surface area contributed by atoms with E-state index in [1.165, 1.54) is 24.3 Å². The molecule has 4 heteroatoms. The van der Waals surface area contributed by atoms with E-state index in [1.54, 1.807) is 0 Å². The summed E-state index contributed by atoms with van der Waals surface area (Å²) in [5.74, 6) is 2.55. The van der Waals surface area contributed by atoms with Gasteiger partial charge in [0.2, 0.25) is 0 Å². The van der Waals surface area contributed by atoms with Crippen LogP contribution in [0, 0.1) is 5.41 Å². The highest BCUT2D eigenvalue weighted by atomic mass is 32.2. The van der Waals surface area contributed by atoms with E-state index in [0.29, 0.717) is 12.6 Å². The zero-order valence-corrected chi connectivity index (χ0v) is 10.7. The first-order valence-corrected chi connectivity index (χ1v) is 7.50. The van der Waals surface area contributed by atoms with Crippen LogP contribution in [0.15, 0.2) is 0 Å². The first-order valence-electron chi connectivity index (χ1n) is 6.34. The van der Waals surface area contributed by atoms with Gasteiger partial charge >= 0.3 is 0 Å². The van der Waals surface area contributed by atoms with Gasteiger partial charge in [-0.25, -0.2) is 0 Å². The predicted octanol–water partition coefficient (Wildman–Crippen LogP) is 1.26. The summed E-state index contributed by atoms with van der Waals surface area (Å²) in [6, 6.07) is 0.657. The highest BCUT2D eigenvalue weighted by Gasteiger charge is 2.32. The molecule has 2 aliphatic heterocycles. The van der Waals surface area contributed by atoms with Gasteiger partial charge < -0.3 is 15.2 Å². The largest absolute Gasteiger partial charge is 0.396 e. The second-order valence-electron chi connectivity index (χ2n) is 5.07. The summed E-state index contributed by atoms with van der Waals surface area (Å²) in [5, 5.41) is 13.2. The molecule has 1 atom stereocenters. The number of thioether (sulfide) groups is 1. The molecule has 0 spiro atoms. The van der Waals surface area contributed by atoms with Crippen LogP contribution in [0.3, 0.4) is 0 Å². The topological polar surface area (TPSA) is 41.5 Å². The summed E-state index contributed by atoms with van der Waals surface area (Å²) < 4.78 is 5.38. The molecule has 2 N–H and O–H groups in total. The van der Waals surface area contributed by atoms with E-state index < -0.39 is 0 Å². The normalized spacial score (nSPS) is 30.2. The number of aliphatic hydroxyl groups excluding tert-OH is 1. The molecule has 3 nitrogen and oxygen atoms in total. The van der Waals surface area contributed by atoms with Crippen LogP contribution in [0.4, 0.5) is 0 Å². The number of aliphatic hydroxyl groups is 1. The van der Waals surface area contributed by atoms with E-state index in [0.717, 1.165) is 32.6 Å². The Hall–Kier alpha value is 0.230. The van der Waals surface area contributed by atoms with Gasteiger partial charge in [-0.2, -0.15) is 11.8 Å². The van der Waals surface area contributed by atoms with Gasteiger partial charge in [0.1, 0.15) is 0 Å². The van der Waals surface area contributed by atoms with Gasteiger partial charge in [0, 0.05) is 37.0 Å².